The Morgan fingerprint density at radius 2 is 1.63 bits per heavy atom. The number of anilines is 1. The number of nitrogens with one attached hydrogen (secondary N) is 2. The predicted octanol–water partition coefficient (Wildman–Crippen LogP) is 0.388. The minimum absolute atomic E-state index is 0.0199. The van der Waals surface area contributed by atoms with Crippen LogP contribution in [0.5, 0.6) is 0 Å². The zero-order chi connectivity index (χ0) is 44.0. The number of phosphoric acid groups is 3. The Bertz CT molecular complexity index is 1850. The molecule has 59 heavy (non-hydrogen) atoms. The van der Waals surface area contributed by atoms with Crippen molar-refractivity contribution in [3.05, 3.63) is 12.7 Å². The number of aliphatic hydroxyl groups excluding tert-OH is 3. The lowest BCUT2D eigenvalue weighted by molar-refractivity contribution is -0.137. The summed E-state index contributed by atoms with van der Waals surface area (Å²) in [6.45, 7) is 0.683. The number of nitrogens with two attached hydrogens (primary N) is 1. The van der Waals surface area contributed by atoms with Crippen LogP contribution in [0.3, 0.4) is 0 Å². The van der Waals surface area contributed by atoms with Gasteiger partial charge in [-0.15, -0.1) is 0 Å². The zero-order valence-electron chi connectivity index (χ0n) is 32.2. The van der Waals surface area contributed by atoms with Crippen LogP contribution in [0.25, 0.3) is 11.2 Å². The number of aliphatic hydroxyl groups is 3. The maximum Gasteiger partial charge on any atom is 0.481 e. The van der Waals surface area contributed by atoms with Crippen LogP contribution >= 0.6 is 35.2 Å². The van der Waals surface area contributed by atoms with E-state index < -0.39 is 84.6 Å². The predicted molar refractivity (Wildman–Crippen MR) is 207 cm³/mol. The molecule has 0 saturated carbocycles. The smallest absolute Gasteiger partial charge is 0.396 e. The van der Waals surface area contributed by atoms with Crippen LogP contribution < -0.4 is 16.4 Å². The fourth-order valence-corrected chi connectivity index (χ4v) is 9.00. The van der Waals surface area contributed by atoms with Crippen molar-refractivity contribution in [3.8, 4) is 0 Å². The molecule has 0 spiro atoms. The summed E-state index contributed by atoms with van der Waals surface area (Å²) >= 11 is 1.11. The Morgan fingerprint density at radius 1 is 0.966 bits per heavy atom. The molecule has 1 aliphatic rings. The molecule has 2 aromatic heterocycles. The van der Waals surface area contributed by atoms with E-state index >= 15 is 0 Å². The highest BCUT2D eigenvalue weighted by Crippen LogP contribution is 2.61. The van der Waals surface area contributed by atoms with E-state index in [4.69, 9.17) is 24.6 Å². The van der Waals surface area contributed by atoms with Gasteiger partial charge in [0.15, 0.2) is 22.8 Å². The average Bonchev–Trinajstić information content (AvgIpc) is 3.71. The average molecular weight is 924 g/mol. The molecule has 2 aromatic rings. The van der Waals surface area contributed by atoms with E-state index in [0.717, 1.165) is 67.5 Å². The van der Waals surface area contributed by atoms with Crippen LogP contribution in [0.1, 0.15) is 71.4 Å². The number of carbonyl (C=O) groups excluding carboxylic acids is 3. The molecule has 0 bridgehead atoms. The van der Waals surface area contributed by atoms with Gasteiger partial charge in [0.25, 0.3) is 0 Å². The first-order valence-corrected chi connectivity index (χ1v) is 23.7. The van der Waals surface area contributed by atoms with Gasteiger partial charge in [0.05, 0.1) is 19.5 Å². The van der Waals surface area contributed by atoms with Gasteiger partial charge in [0.2, 0.25) is 11.8 Å². The van der Waals surface area contributed by atoms with Gasteiger partial charge in [-0.25, -0.2) is 28.6 Å². The van der Waals surface area contributed by atoms with Crippen LogP contribution in [0.4, 0.5) is 5.82 Å². The van der Waals surface area contributed by atoms with Gasteiger partial charge < -0.3 is 56.0 Å². The van der Waals surface area contributed by atoms with Gasteiger partial charge in [-0.05, 0) is 12.8 Å². The highest BCUT2D eigenvalue weighted by atomic mass is 32.2. The first kappa shape index (κ1) is 50.9. The highest BCUT2D eigenvalue weighted by molar-refractivity contribution is 8.13. The number of hydrogen-bond acceptors (Lipinski definition) is 19. The topological polar surface area (TPSA) is 384 Å². The van der Waals surface area contributed by atoms with Crippen LogP contribution in [0.15, 0.2) is 12.7 Å². The molecule has 11 N–H and O–H groups in total. The van der Waals surface area contributed by atoms with E-state index in [9.17, 15) is 57.9 Å². The third-order valence-corrected chi connectivity index (χ3v) is 12.6. The maximum absolute atomic E-state index is 12.7. The number of imidazole rings is 1. The van der Waals surface area contributed by atoms with E-state index in [0.29, 0.717) is 12.2 Å². The summed E-state index contributed by atoms with van der Waals surface area (Å²) in [6, 6.07) is 0. The fraction of sp³-hybridized carbons (Fsp3) is 0.733. The molecular weight excluding hydrogens is 871 g/mol. The first-order valence-electron chi connectivity index (χ1n) is 18.2. The molecule has 3 rings (SSSR count). The lowest BCUT2D eigenvalue weighted by Crippen LogP contribution is -2.46. The summed E-state index contributed by atoms with van der Waals surface area (Å²) in [4.78, 5) is 87.7. The van der Waals surface area contributed by atoms with Crippen molar-refractivity contribution in [2.24, 2.45) is 5.41 Å². The third-order valence-electron chi connectivity index (χ3n) is 8.55. The van der Waals surface area contributed by atoms with Crippen LogP contribution in [0.2, 0.25) is 0 Å². The minimum atomic E-state index is -5.57. The van der Waals surface area contributed by atoms with Gasteiger partial charge in [0.1, 0.15) is 36.3 Å². The standard InChI is InChI=1S/C30H52N7O18P3S/c1-30(2,25(42)28(43)33-11-10-20(39)32-12-14-59-21(40)9-7-5-3-4-6-8-13-38)16-52-58(49,50)55-57(47,48)51-15-19-24(54-56(44,45)46)23(41)29(53-19)37-18-36-22-26(31)34-17-35-27(22)37/h17-19,23-25,29,38,41-42H,3-16H2,1-2H3,(H,32,39)(H,33,43)(H,47,48)(H,49,50)(H2,31,34,35)(H2,44,45,46)/t19-,23-,24-,25+,29-/m1/s1. The summed E-state index contributed by atoms with van der Waals surface area (Å²) < 4.78 is 62.2. The second kappa shape index (κ2) is 23.1. The number of aromatic nitrogens is 4. The molecule has 0 aromatic carbocycles. The summed E-state index contributed by atoms with van der Waals surface area (Å²) in [7, 11) is -16.4. The highest BCUT2D eigenvalue weighted by Gasteiger charge is 2.50. The quantitative estimate of drug-likeness (QED) is 0.0428. The van der Waals surface area contributed by atoms with Crippen molar-refractivity contribution in [1.82, 2.24) is 30.2 Å². The van der Waals surface area contributed by atoms with E-state index in [1.807, 2.05) is 0 Å². The van der Waals surface area contributed by atoms with Crippen molar-refractivity contribution in [3.63, 3.8) is 0 Å². The van der Waals surface area contributed by atoms with E-state index in [-0.39, 0.29) is 48.2 Å². The van der Waals surface area contributed by atoms with Crippen LogP contribution in [-0.4, -0.2) is 134 Å². The van der Waals surface area contributed by atoms with Crippen LogP contribution in [-0.2, 0) is 50.7 Å². The number of hydrogen-bond donors (Lipinski definition) is 10. The molecule has 3 heterocycles. The van der Waals surface area contributed by atoms with Gasteiger partial charge >= 0.3 is 23.5 Å². The molecular formula is C30H52N7O18P3S. The Labute approximate surface area is 342 Å². The molecule has 2 amide bonds. The number of nitrogens with zero attached hydrogens (tertiary/aromatic N) is 4. The third kappa shape index (κ3) is 17.1. The number of unbranched alkanes of at least 4 members (excludes halogenated alkanes) is 5. The number of phosphoric ester groups is 3. The van der Waals surface area contributed by atoms with Gasteiger partial charge in [-0.2, -0.15) is 4.31 Å². The SMILES string of the molecule is CC(C)(COP(=O)(O)OP(=O)(O)OC[C@H]1O[C@@H](n2cnc3c(N)ncnc32)[C@H](O)[C@@H]1OP(=O)(O)O)[C@@H](O)C(=O)NCCC(=O)NCCSC(=O)CCCCCCCCO. The van der Waals surface area contributed by atoms with Gasteiger partial charge in [-0.1, -0.05) is 51.3 Å². The second-order valence-electron chi connectivity index (χ2n) is 13.9. The van der Waals surface area contributed by atoms with E-state index in [1.165, 1.54) is 13.8 Å². The van der Waals surface area contributed by atoms with Crippen molar-refractivity contribution in [2.45, 2.75) is 95.9 Å². The number of ether oxygens (including phenoxy) is 1. The Morgan fingerprint density at radius 3 is 2.31 bits per heavy atom. The number of carbonyl (C=O) groups is 3. The van der Waals surface area contributed by atoms with Crippen LogP contribution in [0, 0.1) is 5.41 Å². The van der Waals surface area contributed by atoms with Crippen molar-refractivity contribution in [2.75, 3.05) is 44.4 Å². The molecule has 0 radical (unpaired) electrons. The van der Waals surface area contributed by atoms with E-state index in [2.05, 4.69) is 34.4 Å². The summed E-state index contributed by atoms with van der Waals surface area (Å²) in [5.74, 6) is -1.09. The minimum Gasteiger partial charge on any atom is -0.396 e. The molecule has 7 atom stereocenters. The second-order valence-corrected chi connectivity index (χ2v) is 19.3. The van der Waals surface area contributed by atoms with Crippen molar-refractivity contribution in [1.29, 1.82) is 0 Å². The van der Waals surface area contributed by atoms with E-state index in [1.54, 1.807) is 0 Å². The molecule has 25 nitrogen and oxygen atoms in total. The normalized spacial score (nSPS) is 21.2. The summed E-state index contributed by atoms with van der Waals surface area (Å²) in [5.41, 5.74) is 4.26. The Hall–Kier alpha value is -2.48. The number of thioether (sulfide) groups is 1. The molecule has 1 aliphatic heterocycles. The van der Waals surface area contributed by atoms with Crippen molar-refractivity contribution >= 4 is 69.1 Å². The maximum atomic E-state index is 12.7. The Kier molecular flexibility index (Phi) is 19.9. The van der Waals surface area contributed by atoms with Gasteiger partial charge in [0, 0.05) is 43.7 Å². The number of nitrogen functional groups attached to an aromatic ring is 1. The van der Waals surface area contributed by atoms with Gasteiger partial charge in [-0.3, -0.25) is 32.5 Å². The molecule has 1 saturated heterocycles. The number of amides is 2. The summed E-state index contributed by atoms with van der Waals surface area (Å²) in [5, 5.41) is 35.2. The lowest BCUT2D eigenvalue weighted by Gasteiger charge is -2.30. The zero-order valence-corrected chi connectivity index (χ0v) is 35.7. The lowest BCUT2D eigenvalue weighted by atomic mass is 9.87. The number of rotatable bonds is 27. The monoisotopic (exact) mass is 923 g/mol. The molecule has 336 valence electrons. The fourth-order valence-electron chi connectivity index (χ4n) is 5.46. The summed E-state index contributed by atoms with van der Waals surface area (Å²) in [6.07, 6.45) is -1.04. The largest absolute Gasteiger partial charge is 0.481 e. The first-order chi connectivity index (χ1) is 27.6. The molecule has 2 unspecified atom stereocenters. The molecule has 1 fully saturated rings. The molecule has 0 aliphatic carbocycles. The molecule has 29 heteroatoms. The Balaban J connectivity index is 1.42. The van der Waals surface area contributed by atoms with Crippen molar-refractivity contribution < 1.29 is 85.6 Å². The number of fused-ring (bicyclic) bond motifs is 1.